The minimum atomic E-state index is -1.13. The van der Waals surface area contributed by atoms with Crippen LogP contribution in [0.2, 0.25) is 25.7 Å². The van der Waals surface area contributed by atoms with E-state index in [0.717, 1.165) is 68.6 Å². The second-order valence-corrected chi connectivity index (χ2v) is 18.8. The maximum absolute atomic E-state index is 12.2. The molecule has 1 N–H and O–H groups in total. The zero-order valence-electron chi connectivity index (χ0n) is 25.4. The van der Waals surface area contributed by atoms with Crippen molar-refractivity contribution < 1.29 is 24.1 Å². The molecule has 0 bridgehead atoms. The van der Waals surface area contributed by atoms with Crippen molar-refractivity contribution in [1.82, 2.24) is 24.6 Å². The fourth-order valence-electron chi connectivity index (χ4n) is 6.12. The Morgan fingerprint density at radius 3 is 2.63 bits per heavy atom. The number of aliphatic hydroxyl groups is 1. The van der Waals surface area contributed by atoms with Gasteiger partial charge in [0.15, 0.2) is 0 Å². The van der Waals surface area contributed by atoms with Gasteiger partial charge in [0.1, 0.15) is 30.4 Å². The summed E-state index contributed by atoms with van der Waals surface area (Å²) in [5, 5.41) is 14.2. The molecule has 6 rings (SSSR count). The van der Waals surface area contributed by atoms with Crippen LogP contribution in [0.4, 0.5) is 0 Å². The molecule has 0 unspecified atom stereocenters. The lowest BCUT2D eigenvalue weighted by molar-refractivity contribution is -0.137. The maximum atomic E-state index is 12.2. The Balaban J connectivity index is 0.985. The highest BCUT2D eigenvalue weighted by Gasteiger charge is 2.36. The van der Waals surface area contributed by atoms with Gasteiger partial charge in [0.05, 0.1) is 5.69 Å². The number of rotatable bonds is 11. The van der Waals surface area contributed by atoms with E-state index in [9.17, 15) is 9.90 Å². The molecule has 0 radical (unpaired) electrons. The average molecular weight is 606 g/mol. The number of hydrogen-bond donors (Lipinski definition) is 1. The van der Waals surface area contributed by atoms with E-state index in [1.54, 1.807) is 12.4 Å². The van der Waals surface area contributed by atoms with E-state index in [2.05, 4.69) is 40.7 Å². The monoisotopic (exact) mass is 605 g/mol. The summed E-state index contributed by atoms with van der Waals surface area (Å²) in [6.07, 6.45) is 6.18. The van der Waals surface area contributed by atoms with E-state index in [1.165, 1.54) is 5.56 Å². The van der Waals surface area contributed by atoms with Crippen LogP contribution in [0.15, 0.2) is 48.8 Å². The normalized spacial score (nSPS) is 21.3. The lowest BCUT2D eigenvalue weighted by Crippen LogP contribution is -2.48. The highest BCUT2D eigenvalue weighted by Crippen LogP contribution is 2.35. The Morgan fingerprint density at radius 1 is 1.07 bits per heavy atom. The predicted molar refractivity (Wildman–Crippen MR) is 166 cm³/mol. The van der Waals surface area contributed by atoms with Crippen molar-refractivity contribution in [2.75, 3.05) is 32.8 Å². The summed E-state index contributed by atoms with van der Waals surface area (Å²) in [5.41, 5.74) is 3.09. The van der Waals surface area contributed by atoms with Gasteiger partial charge in [0, 0.05) is 83.4 Å². The number of carbonyl (C=O) groups excluding carboxylic acids is 1. The van der Waals surface area contributed by atoms with Crippen molar-refractivity contribution in [3.05, 3.63) is 54.4 Å². The highest BCUT2D eigenvalue weighted by atomic mass is 28.3. The molecule has 1 aromatic carbocycles. The number of benzene rings is 1. The number of carbonyl (C=O) groups is 1. The van der Waals surface area contributed by atoms with E-state index < -0.39 is 14.2 Å². The third-order valence-corrected chi connectivity index (χ3v) is 10.3. The molecule has 2 saturated heterocycles. The van der Waals surface area contributed by atoms with Gasteiger partial charge in [0.2, 0.25) is 5.88 Å². The van der Waals surface area contributed by atoms with Gasteiger partial charge < -0.3 is 24.2 Å². The third-order valence-electron chi connectivity index (χ3n) is 8.63. The molecule has 43 heavy (non-hydrogen) atoms. The van der Waals surface area contributed by atoms with Crippen LogP contribution >= 0.6 is 0 Å². The molecule has 3 aromatic rings. The molecule has 1 amide bonds. The Kier molecular flexibility index (Phi) is 8.85. The summed E-state index contributed by atoms with van der Waals surface area (Å²) in [6, 6.07) is 13.2. The Labute approximate surface area is 254 Å². The van der Waals surface area contributed by atoms with Crippen molar-refractivity contribution in [1.29, 1.82) is 0 Å². The number of nitrogens with zero attached hydrogens (tertiary/aromatic N) is 5. The van der Waals surface area contributed by atoms with Crippen molar-refractivity contribution in [3.8, 4) is 28.6 Å². The molecule has 0 spiro atoms. The molecule has 3 aliphatic rings. The Bertz CT molecular complexity index is 1400. The molecule has 2 aromatic heterocycles. The largest absolute Gasteiger partial charge is 0.488 e. The van der Waals surface area contributed by atoms with Crippen LogP contribution in [-0.2, 0) is 22.7 Å². The van der Waals surface area contributed by atoms with Crippen LogP contribution in [0, 0.1) is 0 Å². The highest BCUT2D eigenvalue weighted by molar-refractivity contribution is 6.76. The van der Waals surface area contributed by atoms with Gasteiger partial charge in [0.25, 0.3) is 5.91 Å². The second kappa shape index (κ2) is 12.8. The van der Waals surface area contributed by atoms with Crippen LogP contribution in [0.25, 0.3) is 11.3 Å². The van der Waals surface area contributed by atoms with Crippen LogP contribution in [0.5, 0.6) is 17.4 Å². The first-order valence-corrected chi connectivity index (χ1v) is 19.2. The quantitative estimate of drug-likeness (QED) is 0.253. The standard InChI is InChI=1S/C32H43N5O5Si/c1-43(2,3)17-16-40-22-37-28(8-12-34-37)24-5-7-31(33-20-24)42-26-6-4-23-18-27(41-30(23)19-26)21-35-13-9-25(10-14-35)36-15-11-29(38)32(36)39/h4-8,12,19-20,25,27,29,38H,9-11,13-18,21-22H2,1-3H3/t27-,29-/m0/s1. The summed E-state index contributed by atoms with van der Waals surface area (Å²) in [6.45, 7) is 11.6. The molecular formula is C32H43N5O5Si. The third kappa shape index (κ3) is 7.29. The second-order valence-electron chi connectivity index (χ2n) is 13.1. The minimum absolute atomic E-state index is 0.0961. The lowest BCUT2D eigenvalue weighted by Gasteiger charge is -2.37. The van der Waals surface area contributed by atoms with Crippen LogP contribution in [-0.4, -0.2) is 94.7 Å². The number of ether oxygens (including phenoxy) is 3. The molecule has 11 heteroatoms. The zero-order valence-corrected chi connectivity index (χ0v) is 26.4. The molecule has 2 atom stereocenters. The van der Waals surface area contributed by atoms with Crippen LogP contribution in [0.3, 0.4) is 0 Å². The molecule has 0 aliphatic carbocycles. The number of aliphatic hydroxyl groups excluding tert-OH is 1. The molecule has 5 heterocycles. The summed E-state index contributed by atoms with van der Waals surface area (Å²) in [7, 11) is -1.13. The summed E-state index contributed by atoms with van der Waals surface area (Å²) in [5.74, 6) is 1.98. The van der Waals surface area contributed by atoms with Crippen LogP contribution < -0.4 is 9.47 Å². The van der Waals surface area contributed by atoms with Crippen LogP contribution in [0.1, 0.15) is 24.8 Å². The number of amides is 1. The van der Waals surface area contributed by atoms with E-state index in [-0.39, 0.29) is 18.1 Å². The molecular weight excluding hydrogens is 562 g/mol. The first kappa shape index (κ1) is 29.8. The van der Waals surface area contributed by atoms with Crippen molar-refractivity contribution in [3.63, 3.8) is 0 Å². The van der Waals surface area contributed by atoms with Crippen molar-refractivity contribution in [2.45, 2.75) is 76.3 Å². The van der Waals surface area contributed by atoms with Gasteiger partial charge in [-0.05, 0) is 49.1 Å². The molecule has 0 saturated carbocycles. The topological polar surface area (TPSA) is 102 Å². The van der Waals surface area contributed by atoms with Gasteiger partial charge in [-0.2, -0.15) is 5.10 Å². The fourth-order valence-corrected chi connectivity index (χ4v) is 6.88. The number of piperidine rings is 1. The maximum Gasteiger partial charge on any atom is 0.251 e. The van der Waals surface area contributed by atoms with Crippen molar-refractivity contribution >= 4 is 14.0 Å². The zero-order chi connectivity index (χ0) is 30.0. The number of likely N-dealkylation sites (tertiary alicyclic amines) is 2. The van der Waals surface area contributed by atoms with Gasteiger partial charge in [-0.3, -0.25) is 9.69 Å². The lowest BCUT2D eigenvalue weighted by atomic mass is 10.0. The average Bonchev–Trinajstić information content (AvgIpc) is 3.70. The number of pyridine rings is 1. The Morgan fingerprint density at radius 2 is 1.91 bits per heavy atom. The SMILES string of the molecule is C[Si](C)(C)CCOCn1nccc1-c1ccc(Oc2ccc3c(c2)O[C@H](CN2CCC(N4CC[C@H](O)C4=O)CC2)C3)nc1. The van der Waals surface area contributed by atoms with Crippen molar-refractivity contribution in [2.24, 2.45) is 0 Å². The smallest absolute Gasteiger partial charge is 0.251 e. The molecule has 230 valence electrons. The van der Waals surface area contributed by atoms with E-state index in [0.29, 0.717) is 31.3 Å². The van der Waals surface area contributed by atoms with Gasteiger partial charge in [-0.1, -0.05) is 25.7 Å². The number of fused-ring (bicyclic) bond motifs is 1. The number of aromatic nitrogens is 3. The summed E-state index contributed by atoms with van der Waals surface area (Å²) >= 11 is 0. The van der Waals surface area contributed by atoms with Gasteiger partial charge >= 0.3 is 0 Å². The Hall–Kier alpha value is -3.25. The fraction of sp³-hybridized carbons (Fsp3) is 0.531. The summed E-state index contributed by atoms with van der Waals surface area (Å²) in [4.78, 5) is 21.1. The van der Waals surface area contributed by atoms with Gasteiger partial charge in [-0.15, -0.1) is 0 Å². The minimum Gasteiger partial charge on any atom is -0.488 e. The first-order chi connectivity index (χ1) is 20.7. The van der Waals surface area contributed by atoms with E-state index in [1.807, 2.05) is 39.9 Å². The number of hydrogen-bond acceptors (Lipinski definition) is 8. The van der Waals surface area contributed by atoms with E-state index in [4.69, 9.17) is 14.2 Å². The molecule has 2 fully saturated rings. The van der Waals surface area contributed by atoms with Gasteiger partial charge in [-0.25, -0.2) is 9.67 Å². The summed E-state index contributed by atoms with van der Waals surface area (Å²) < 4.78 is 20.2. The first-order valence-electron chi connectivity index (χ1n) is 15.5. The van der Waals surface area contributed by atoms with E-state index >= 15 is 0 Å². The molecule has 10 nitrogen and oxygen atoms in total. The molecule has 3 aliphatic heterocycles. The predicted octanol–water partition coefficient (Wildman–Crippen LogP) is 4.41.